The summed E-state index contributed by atoms with van der Waals surface area (Å²) < 4.78 is 10.5. The molecule has 0 saturated heterocycles. The highest BCUT2D eigenvalue weighted by Gasteiger charge is 2.33. The van der Waals surface area contributed by atoms with Gasteiger partial charge in [0.25, 0.3) is 3.79 Å². The van der Waals surface area contributed by atoms with Crippen molar-refractivity contribution in [3.63, 3.8) is 0 Å². The standard InChI is InChI=1S/C9H10INO2/c1-9(10)12-7-3-2-6(5-11)4-8(7)13-9/h2-4H,5,11H2,1H3. The fraction of sp³-hybridized carbons (Fsp3) is 0.333. The quantitative estimate of drug-likeness (QED) is 0.636. The number of halogens is 1. The molecule has 0 aromatic heterocycles. The Morgan fingerprint density at radius 3 is 2.77 bits per heavy atom. The van der Waals surface area contributed by atoms with Gasteiger partial charge in [-0.05, 0) is 17.7 Å². The molecule has 2 rings (SSSR count). The third-order valence-corrected chi connectivity index (χ3v) is 2.27. The van der Waals surface area contributed by atoms with Gasteiger partial charge in [0.05, 0.1) is 0 Å². The normalized spacial score (nSPS) is 24.8. The number of alkyl halides is 1. The zero-order valence-electron chi connectivity index (χ0n) is 7.21. The Hall–Kier alpha value is -0.490. The SMILES string of the molecule is CC1(I)Oc2ccc(CN)cc2O1. The van der Waals surface area contributed by atoms with Gasteiger partial charge in [0.15, 0.2) is 11.5 Å². The number of hydrogen-bond acceptors (Lipinski definition) is 3. The first kappa shape index (κ1) is 9.08. The van der Waals surface area contributed by atoms with E-state index in [-0.39, 0.29) is 0 Å². The van der Waals surface area contributed by atoms with E-state index in [0.29, 0.717) is 6.54 Å². The van der Waals surface area contributed by atoms with Crippen molar-refractivity contribution >= 4 is 22.6 Å². The Morgan fingerprint density at radius 2 is 2.08 bits per heavy atom. The van der Waals surface area contributed by atoms with Crippen LogP contribution in [0, 0.1) is 0 Å². The molecular weight excluding hydrogens is 281 g/mol. The number of nitrogens with two attached hydrogens (primary N) is 1. The van der Waals surface area contributed by atoms with Crippen molar-refractivity contribution in [2.75, 3.05) is 0 Å². The van der Waals surface area contributed by atoms with Crippen LogP contribution in [0.1, 0.15) is 12.5 Å². The predicted octanol–water partition coefficient (Wildman–Crippen LogP) is 2.03. The zero-order valence-corrected chi connectivity index (χ0v) is 9.37. The van der Waals surface area contributed by atoms with Gasteiger partial charge in [-0.3, -0.25) is 0 Å². The fourth-order valence-corrected chi connectivity index (χ4v) is 1.73. The van der Waals surface area contributed by atoms with Gasteiger partial charge >= 0.3 is 0 Å². The number of benzene rings is 1. The first-order valence-electron chi connectivity index (χ1n) is 4.01. The summed E-state index contributed by atoms with van der Waals surface area (Å²) in [7, 11) is 0. The second-order valence-electron chi connectivity index (χ2n) is 3.02. The monoisotopic (exact) mass is 291 g/mol. The molecule has 1 aliphatic heterocycles. The summed E-state index contributed by atoms with van der Waals surface area (Å²) in [5.41, 5.74) is 6.57. The van der Waals surface area contributed by atoms with Gasteiger partial charge in [-0.15, -0.1) is 0 Å². The molecule has 1 heterocycles. The van der Waals surface area contributed by atoms with Crippen molar-refractivity contribution < 1.29 is 9.47 Å². The lowest BCUT2D eigenvalue weighted by Crippen LogP contribution is -2.25. The topological polar surface area (TPSA) is 44.5 Å². The Labute approximate surface area is 90.3 Å². The summed E-state index contributed by atoms with van der Waals surface area (Å²) in [6.45, 7) is 2.39. The molecule has 1 aromatic rings. The van der Waals surface area contributed by atoms with Crippen LogP contribution in [-0.4, -0.2) is 3.79 Å². The average Bonchev–Trinajstić information content (AvgIpc) is 2.36. The van der Waals surface area contributed by atoms with E-state index in [1.807, 2.05) is 25.1 Å². The highest BCUT2D eigenvalue weighted by molar-refractivity contribution is 14.1. The molecule has 0 bridgehead atoms. The summed E-state index contributed by atoms with van der Waals surface area (Å²) >= 11 is 2.11. The average molecular weight is 291 g/mol. The zero-order chi connectivity index (χ0) is 9.47. The molecular formula is C9H10INO2. The lowest BCUT2D eigenvalue weighted by Gasteiger charge is -2.13. The lowest BCUT2D eigenvalue weighted by atomic mass is 10.2. The Morgan fingerprint density at radius 1 is 1.38 bits per heavy atom. The highest BCUT2D eigenvalue weighted by atomic mass is 127. The summed E-state index contributed by atoms with van der Waals surface area (Å²) in [5, 5.41) is 0. The largest absolute Gasteiger partial charge is 0.440 e. The highest BCUT2D eigenvalue weighted by Crippen LogP contribution is 2.42. The second kappa shape index (κ2) is 3.02. The first-order valence-corrected chi connectivity index (χ1v) is 5.08. The summed E-state index contributed by atoms with van der Waals surface area (Å²) in [4.78, 5) is 0. The minimum absolute atomic E-state index is 0.522. The summed E-state index contributed by atoms with van der Waals surface area (Å²) in [5.74, 6) is 1.56. The molecule has 0 amide bonds. The maximum absolute atomic E-state index is 5.55. The molecule has 0 saturated carbocycles. The summed E-state index contributed by atoms with van der Waals surface area (Å²) in [6, 6.07) is 5.75. The van der Waals surface area contributed by atoms with Crippen LogP contribution in [0.4, 0.5) is 0 Å². The Bertz CT molecular complexity index is 338. The molecule has 70 valence electrons. The molecule has 0 spiro atoms. The molecule has 1 aromatic carbocycles. The van der Waals surface area contributed by atoms with Crippen LogP contribution >= 0.6 is 22.6 Å². The number of rotatable bonds is 1. The molecule has 0 fully saturated rings. The molecule has 0 aliphatic carbocycles. The van der Waals surface area contributed by atoms with E-state index in [9.17, 15) is 0 Å². The lowest BCUT2D eigenvalue weighted by molar-refractivity contribution is 0.0490. The Kier molecular flexibility index (Phi) is 2.11. The third kappa shape index (κ3) is 1.73. The van der Waals surface area contributed by atoms with Gasteiger partial charge in [0.1, 0.15) is 0 Å². The Balaban J connectivity index is 2.36. The van der Waals surface area contributed by atoms with Gasteiger partial charge in [-0.1, -0.05) is 6.07 Å². The molecule has 13 heavy (non-hydrogen) atoms. The van der Waals surface area contributed by atoms with Crippen LogP contribution in [0.15, 0.2) is 18.2 Å². The second-order valence-corrected chi connectivity index (χ2v) is 4.98. The fourth-order valence-electron chi connectivity index (χ4n) is 1.26. The smallest absolute Gasteiger partial charge is 0.300 e. The van der Waals surface area contributed by atoms with Crippen molar-refractivity contribution in [3.05, 3.63) is 23.8 Å². The van der Waals surface area contributed by atoms with Crippen LogP contribution in [0.2, 0.25) is 0 Å². The van der Waals surface area contributed by atoms with Crippen molar-refractivity contribution in [2.24, 2.45) is 5.73 Å². The molecule has 2 N–H and O–H groups in total. The van der Waals surface area contributed by atoms with Crippen molar-refractivity contribution in [2.45, 2.75) is 17.3 Å². The summed E-state index contributed by atoms with van der Waals surface area (Å²) in [6.07, 6.45) is 0. The number of hydrogen-bond donors (Lipinski definition) is 1. The van der Waals surface area contributed by atoms with E-state index in [1.165, 1.54) is 0 Å². The van der Waals surface area contributed by atoms with Gasteiger partial charge in [0, 0.05) is 36.1 Å². The number of ether oxygens (including phenoxy) is 2. The maximum Gasteiger partial charge on any atom is 0.300 e. The first-order chi connectivity index (χ1) is 6.11. The van der Waals surface area contributed by atoms with E-state index in [2.05, 4.69) is 22.6 Å². The van der Waals surface area contributed by atoms with Crippen LogP contribution in [0.25, 0.3) is 0 Å². The van der Waals surface area contributed by atoms with Gasteiger partial charge < -0.3 is 15.2 Å². The van der Waals surface area contributed by atoms with E-state index < -0.39 is 3.79 Å². The third-order valence-electron chi connectivity index (χ3n) is 1.83. The molecule has 1 atom stereocenters. The van der Waals surface area contributed by atoms with E-state index in [4.69, 9.17) is 15.2 Å². The molecule has 1 unspecified atom stereocenters. The minimum atomic E-state index is -0.576. The van der Waals surface area contributed by atoms with Crippen molar-refractivity contribution in [1.29, 1.82) is 0 Å². The van der Waals surface area contributed by atoms with Gasteiger partial charge in [-0.2, -0.15) is 0 Å². The number of fused-ring (bicyclic) bond motifs is 1. The van der Waals surface area contributed by atoms with Crippen molar-refractivity contribution in [1.82, 2.24) is 0 Å². The molecule has 4 heteroatoms. The maximum atomic E-state index is 5.55. The minimum Gasteiger partial charge on any atom is -0.440 e. The van der Waals surface area contributed by atoms with E-state index >= 15 is 0 Å². The molecule has 3 nitrogen and oxygen atoms in total. The predicted molar refractivity (Wildman–Crippen MR) is 58.0 cm³/mol. The molecule has 1 aliphatic rings. The van der Waals surface area contributed by atoms with Crippen LogP contribution < -0.4 is 15.2 Å². The van der Waals surface area contributed by atoms with Crippen molar-refractivity contribution in [3.8, 4) is 11.5 Å². The van der Waals surface area contributed by atoms with Gasteiger partial charge in [0.2, 0.25) is 0 Å². The van der Waals surface area contributed by atoms with E-state index in [0.717, 1.165) is 17.1 Å². The van der Waals surface area contributed by atoms with E-state index in [1.54, 1.807) is 0 Å². The molecule has 0 radical (unpaired) electrons. The van der Waals surface area contributed by atoms with Crippen LogP contribution in [0.3, 0.4) is 0 Å². The van der Waals surface area contributed by atoms with Crippen LogP contribution in [-0.2, 0) is 6.54 Å². The van der Waals surface area contributed by atoms with Crippen LogP contribution in [0.5, 0.6) is 11.5 Å². The van der Waals surface area contributed by atoms with Gasteiger partial charge in [-0.25, -0.2) is 0 Å².